The molecule has 0 aliphatic carbocycles. The maximum atomic E-state index is 12.2. The molecule has 0 atom stereocenters. The van der Waals surface area contributed by atoms with Gasteiger partial charge in [-0.15, -0.1) is 6.58 Å². The normalized spacial score (nSPS) is 13.7. The highest BCUT2D eigenvalue weighted by molar-refractivity contribution is 5.77. The maximum Gasteiger partial charge on any atom is 0.414 e. The van der Waals surface area contributed by atoms with Gasteiger partial charge in [-0.25, -0.2) is 0 Å². The molecule has 1 N–H and O–H groups in total. The van der Waals surface area contributed by atoms with Crippen LogP contribution in [0.25, 0.3) is 0 Å². The number of aliphatic carboxylic acids is 1. The third-order valence-corrected chi connectivity index (χ3v) is 1.78. The number of carboxylic acid groups (broad SMARTS) is 1. The van der Waals surface area contributed by atoms with Crippen molar-refractivity contribution >= 4 is 5.97 Å². The number of rotatable bonds is 3. The van der Waals surface area contributed by atoms with Crippen LogP contribution in [0.1, 0.15) is 6.42 Å². The minimum Gasteiger partial charge on any atom is -0.480 e. The molecule has 0 saturated heterocycles. The molecule has 0 bridgehead atoms. The van der Waals surface area contributed by atoms with E-state index in [-0.39, 0.29) is 6.08 Å². The summed E-state index contributed by atoms with van der Waals surface area (Å²) in [6.07, 6.45) is -13.3. The highest BCUT2D eigenvalue weighted by atomic mass is 19.4. The molecule has 0 aromatic rings. The Bertz CT molecular complexity index is 250. The van der Waals surface area contributed by atoms with E-state index in [1.807, 2.05) is 0 Å². The number of carboxylic acids is 1. The topological polar surface area (TPSA) is 37.3 Å². The van der Waals surface area contributed by atoms with Crippen LogP contribution in [0.3, 0.4) is 0 Å². The van der Waals surface area contributed by atoms with E-state index in [9.17, 15) is 31.1 Å². The summed E-state index contributed by atoms with van der Waals surface area (Å²) < 4.78 is 73.0. The number of hydrogen-bond acceptors (Lipinski definition) is 1. The summed E-state index contributed by atoms with van der Waals surface area (Å²) in [6.45, 7) is 2.69. The molecule has 0 aromatic carbocycles. The third kappa shape index (κ3) is 2.07. The second-order valence-corrected chi connectivity index (χ2v) is 2.70. The molecule has 0 fully saturated rings. The smallest absolute Gasteiger partial charge is 0.414 e. The van der Waals surface area contributed by atoms with E-state index in [2.05, 4.69) is 6.58 Å². The predicted molar refractivity (Wildman–Crippen MR) is 37.0 cm³/mol. The zero-order valence-electron chi connectivity index (χ0n) is 7.11. The van der Waals surface area contributed by atoms with Crippen LogP contribution in [0.15, 0.2) is 12.7 Å². The lowest BCUT2D eigenvalue weighted by Gasteiger charge is -2.32. The van der Waals surface area contributed by atoms with Crippen molar-refractivity contribution in [2.24, 2.45) is 5.41 Å². The number of carbonyl (C=O) groups is 1. The molecule has 0 saturated carbocycles. The van der Waals surface area contributed by atoms with Gasteiger partial charge in [-0.2, -0.15) is 26.3 Å². The molecule has 0 rings (SSSR count). The minimum atomic E-state index is -5.93. The molecule has 88 valence electrons. The Morgan fingerprint density at radius 2 is 1.47 bits per heavy atom. The summed E-state index contributed by atoms with van der Waals surface area (Å²) in [4.78, 5) is 10.2. The van der Waals surface area contributed by atoms with Gasteiger partial charge in [0.1, 0.15) is 0 Å². The van der Waals surface area contributed by atoms with E-state index in [0.29, 0.717) is 0 Å². The van der Waals surface area contributed by atoms with Crippen LogP contribution < -0.4 is 0 Å². The van der Waals surface area contributed by atoms with Crippen molar-refractivity contribution < 1.29 is 36.2 Å². The first-order chi connectivity index (χ1) is 6.50. The monoisotopic (exact) mass is 236 g/mol. The standard InChI is InChI=1S/C7H6F6O2/c1-2-3-5(4(14)15,6(8,9)10)7(11,12)13/h2H,1,3H2,(H,14,15). The van der Waals surface area contributed by atoms with Crippen LogP contribution in [-0.4, -0.2) is 23.4 Å². The molecule has 0 amide bonds. The molecule has 0 aliphatic heterocycles. The van der Waals surface area contributed by atoms with Gasteiger partial charge in [0.15, 0.2) is 0 Å². The van der Waals surface area contributed by atoms with Crippen molar-refractivity contribution in [1.82, 2.24) is 0 Å². The Labute approximate surface area is 80.2 Å². The van der Waals surface area contributed by atoms with Gasteiger partial charge in [0.2, 0.25) is 0 Å². The second kappa shape index (κ2) is 3.74. The SMILES string of the molecule is C=CCC(C(=O)O)(C(F)(F)F)C(F)(F)F. The van der Waals surface area contributed by atoms with Crippen molar-refractivity contribution in [3.8, 4) is 0 Å². The van der Waals surface area contributed by atoms with Crippen LogP contribution >= 0.6 is 0 Å². The average molecular weight is 236 g/mol. The first-order valence-corrected chi connectivity index (χ1v) is 3.48. The van der Waals surface area contributed by atoms with Crippen molar-refractivity contribution in [3.63, 3.8) is 0 Å². The number of allylic oxidation sites excluding steroid dienone is 1. The Morgan fingerprint density at radius 3 is 1.53 bits per heavy atom. The summed E-state index contributed by atoms with van der Waals surface area (Å²) in [5.41, 5.74) is -4.78. The van der Waals surface area contributed by atoms with Crippen LogP contribution in [0, 0.1) is 5.41 Å². The van der Waals surface area contributed by atoms with Crippen LogP contribution in [0.5, 0.6) is 0 Å². The van der Waals surface area contributed by atoms with Gasteiger partial charge in [-0.3, -0.25) is 4.79 Å². The van der Waals surface area contributed by atoms with Crippen LogP contribution in [-0.2, 0) is 4.79 Å². The first-order valence-electron chi connectivity index (χ1n) is 3.48. The Morgan fingerprint density at radius 1 is 1.13 bits per heavy atom. The zero-order valence-corrected chi connectivity index (χ0v) is 7.11. The summed E-state index contributed by atoms with van der Waals surface area (Å²) >= 11 is 0. The molecule has 0 radical (unpaired) electrons. The first kappa shape index (κ1) is 13.8. The minimum absolute atomic E-state index is 0.273. The van der Waals surface area contributed by atoms with E-state index in [0.717, 1.165) is 0 Å². The average Bonchev–Trinajstić information content (AvgIpc) is 1.93. The van der Waals surface area contributed by atoms with E-state index < -0.39 is 30.2 Å². The molecule has 0 heterocycles. The van der Waals surface area contributed by atoms with Gasteiger partial charge in [0.05, 0.1) is 0 Å². The van der Waals surface area contributed by atoms with Crippen molar-refractivity contribution in [3.05, 3.63) is 12.7 Å². The predicted octanol–water partition coefficient (Wildman–Crippen LogP) is 2.76. The van der Waals surface area contributed by atoms with Crippen molar-refractivity contribution in [2.75, 3.05) is 0 Å². The molecule has 8 heteroatoms. The van der Waals surface area contributed by atoms with Gasteiger partial charge in [-0.1, -0.05) is 6.08 Å². The fourth-order valence-electron chi connectivity index (χ4n) is 0.938. The number of halogens is 6. The lowest BCUT2D eigenvalue weighted by molar-refractivity contribution is -0.329. The Balaban J connectivity index is 5.71. The summed E-state index contributed by atoms with van der Waals surface area (Å²) in [5.74, 6) is -2.98. The Hall–Kier alpha value is -1.21. The fourth-order valence-corrected chi connectivity index (χ4v) is 0.938. The summed E-state index contributed by atoms with van der Waals surface area (Å²) in [7, 11) is 0. The largest absolute Gasteiger partial charge is 0.480 e. The quantitative estimate of drug-likeness (QED) is 0.604. The van der Waals surface area contributed by atoms with E-state index in [4.69, 9.17) is 5.11 Å². The lowest BCUT2D eigenvalue weighted by atomic mass is 9.83. The van der Waals surface area contributed by atoms with Gasteiger partial charge in [0, 0.05) is 0 Å². The maximum absolute atomic E-state index is 12.2. The van der Waals surface area contributed by atoms with E-state index in [1.165, 1.54) is 0 Å². The lowest BCUT2D eigenvalue weighted by Crippen LogP contribution is -2.55. The fraction of sp³-hybridized carbons (Fsp3) is 0.571. The van der Waals surface area contributed by atoms with E-state index >= 15 is 0 Å². The summed E-state index contributed by atoms with van der Waals surface area (Å²) in [6, 6.07) is 0. The van der Waals surface area contributed by atoms with Crippen LogP contribution in [0.4, 0.5) is 26.3 Å². The zero-order chi connectivity index (χ0) is 12.5. The molecule has 0 spiro atoms. The van der Waals surface area contributed by atoms with Gasteiger partial charge in [0.25, 0.3) is 5.41 Å². The van der Waals surface area contributed by atoms with Gasteiger partial charge < -0.3 is 5.11 Å². The van der Waals surface area contributed by atoms with Crippen molar-refractivity contribution in [2.45, 2.75) is 18.8 Å². The van der Waals surface area contributed by atoms with Crippen molar-refractivity contribution in [1.29, 1.82) is 0 Å². The molecule has 0 aromatic heterocycles. The second-order valence-electron chi connectivity index (χ2n) is 2.70. The van der Waals surface area contributed by atoms with Crippen LogP contribution in [0.2, 0.25) is 0 Å². The number of hydrogen-bond donors (Lipinski definition) is 1. The molecule has 15 heavy (non-hydrogen) atoms. The molecular formula is C7H6F6O2. The molecule has 2 nitrogen and oxygen atoms in total. The molecule has 0 aliphatic rings. The Kier molecular flexibility index (Phi) is 3.44. The highest BCUT2D eigenvalue weighted by Crippen LogP contribution is 2.52. The molecular weight excluding hydrogens is 230 g/mol. The molecule has 0 unspecified atom stereocenters. The highest BCUT2D eigenvalue weighted by Gasteiger charge is 2.75. The number of alkyl halides is 6. The third-order valence-electron chi connectivity index (χ3n) is 1.78. The van der Waals surface area contributed by atoms with E-state index in [1.54, 1.807) is 0 Å². The van der Waals surface area contributed by atoms with Gasteiger partial charge in [-0.05, 0) is 6.42 Å². The van der Waals surface area contributed by atoms with Gasteiger partial charge >= 0.3 is 18.3 Å². The summed E-state index contributed by atoms with van der Waals surface area (Å²) in [5, 5.41) is 8.14.